The lowest BCUT2D eigenvalue weighted by Crippen LogP contribution is -2.39. The van der Waals surface area contributed by atoms with Crippen molar-refractivity contribution in [1.29, 1.82) is 0 Å². The number of benzene rings is 2. The topological polar surface area (TPSA) is 73.9 Å². The number of nitrogens with one attached hydrogen (secondary N) is 1. The van der Waals surface area contributed by atoms with Crippen molar-refractivity contribution in [1.82, 2.24) is 5.32 Å². The number of hydrogen-bond acceptors (Lipinski definition) is 5. The van der Waals surface area contributed by atoms with Crippen LogP contribution in [0.1, 0.15) is 47.3 Å². The first kappa shape index (κ1) is 19.7. The Morgan fingerprint density at radius 3 is 2.64 bits per heavy atom. The van der Waals surface area contributed by atoms with E-state index in [2.05, 4.69) is 11.4 Å². The Morgan fingerprint density at radius 1 is 1.11 bits per heavy atom. The molecule has 0 bridgehead atoms. The summed E-state index contributed by atoms with van der Waals surface area (Å²) < 4.78 is 15.7. The molecule has 0 heterocycles. The maximum Gasteiger partial charge on any atom is 0.342 e. The van der Waals surface area contributed by atoms with Crippen LogP contribution in [-0.2, 0) is 16.0 Å². The summed E-state index contributed by atoms with van der Waals surface area (Å²) in [6.45, 7) is 1.57. The number of methoxy groups -OCH3 is 2. The van der Waals surface area contributed by atoms with E-state index < -0.39 is 12.1 Å². The fourth-order valence-corrected chi connectivity index (χ4v) is 3.44. The average molecular weight is 383 g/mol. The van der Waals surface area contributed by atoms with Gasteiger partial charge in [-0.05, 0) is 49.4 Å². The van der Waals surface area contributed by atoms with E-state index in [1.54, 1.807) is 25.1 Å². The molecule has 2 aromatic rings. The molecule has 2 atom stereocenters. The molecule has 148 valence electrons. The maximum atomic E-state index is 12.6. The molecule has 1 aliphatic carbocycles. The monoisotopic (exact) mass is 383 g/mol. The minimum absolute atomic E-state index is 0.0610. The fraction of sp³-hybridized carbons (Fsp3) is 0.364. The van der Waals surface area contributed by atoms with Gasteiger partial charge in [-0.1, -0.05) is 24.3 Å². The molecule has 0 unspecified atom stereocenters. The number of carbonyl (C=O) groups is 2. The molecule has 28 heavy (non-hydrogen) atoms. The van der Waals surface area contributed by atoms with Crippen LogP contribution in [-0.4, -0.2) is 32.2 Å². The first-order valence-corrected chi connectivity index (χ1v) is 9.34. The highest BCUT2D eigenvalue weighted by Gasteiger charge is 2.26. The third-order valence-corrected chi connectivity index (χ3v) is 4.97. The summed E-state index contributed by atoms with van der Waals surface area (Å²) >= 11 is 0. The fourth-order valence-electron chi connectivity index (χ4n) is 3.44. The van der Waals surface area contributed by atoms with Gasteiger partial charge in [0.05, 0.1) is 20.3 Å². The van der Waals surface area contributed by atoms with E-state index in [0.717, 1.165) is 24.8 Å². The van der Waals surface area contributed by atoms with Gasteiger partial charge in [0.2, 0.25) is 0 Å². The maximum absolute atomic E-state index is 12.6. The highest BCUT2D eigenvalue weighted by atomic mass is 16.5. The zero-order valence-corrected chi connectivity index (χ0v) is 16.4. The molecule has 1 aliphatic rings. The summed E-state index contributed by atoms with van der Waals surface area (Å²) in [6.07, 6.45) is 1.98. The lowest BCUT2D eigenvalue weighted by atomic mass is 9.87. The molecule has 1 amide bonds. The predicted molar refractivity (Wildman–Crippen MR) is 105 cm³/mol. The van der Waals surface area contributed by atoms with Crippen LogP contribution in [0, 0.1) is 0 Å². The molecule has 0 spiro atoms. The second-order valence-corrected chi connectivity index (χ2v) is 6.77. The molecule has 3 rings (SSSR count). The van der Waals surface area contributed by atoms with Gasteiger partial charge in [-0.15, -0.1) is 0 Å². The van der Waals surface area contributed by atoms with E-state index in [1.165, 1.54) is 19.8 Å². The van der Waals surface area contributed by atoms with Crippen molar-refractivity contribution in [2.24, 2.45) is 0 Å². The van der Waals surface area contributed by atoms with Crippen LogP contribution in [0.4, 0.5) is 0 Å². The first-order chi connectivity index (χ1) is 13.5. The summed E-state index contributed by atoms with van der Waals surface area (Å²) in [4.78, 5) is 25.1. The van der Waals surface area contributed by atoms with E-state index in [4.69, 9.17) is 14.2 Å². The number of rotatable bonds is 6. The third kappa shape index (κ3) is 4.27. The van der Waals surface area contributed by atoms with Gasteiger partial charge in [-0.3, -0.25) is 4.79 Å². The van der Waals surface area contributed by atoms with Gasteiger partial charge in [0.1, 0.15) is 17.1 Å². The lowest BCUT2D eigenvalue weighted by Gasteiger charge is -2.27. The Kier molecular flexibility index (Phi) is 6.19. The number of hydrogen-bond donors (Lipinski definition) is 1. The van der Waals surface area contributed by atoms with Gasteiger partial charge in [0, 0.05) is 6.07 Å². The largest absolute Gasteiger partial charge is 0.497 e. The molecule has 6 heteroatoms. The molecular formula is C22H25NO5. The van der Waals surface area contributed by atoms with Crippen molar-refractivity contribution < 1.29 is 23.8 Å². The number of carbonyl (C=O) groups excluding carboxylic acids is 2. The van der Waals surface area contributed by atoms with Gasteiger partial charge in [0.15, 0.2) is 6.10 Å². The van der Waals surface area contributed by atoms with Crippen LogP contribution in [0.25, 0.3) is 0 Å². The summed E-state index contributed by atoms with van der Waals surface area (Å²) in [7, 11) is 2.99. The number of ether oxygens (including phenoxy) is 3. The second kappa shape index (κ2) is 8.78. The first-order valence-electron chi connectivity index (χ1n) is 9.34. The highest BCUT2D eigenvalue weighted by Crippen LogP contribution is 2.30. The van der Waals surface area contributed by atoms with E-state index in [9.17, 15) is 9.59 Å². The minimum Gasteiger partial charge on any atom is -0.497 e. The van der Waals surface area contributed by atoms with Gasteiger partial charge in [-0.2, -0.15) is 0 Å². The summed E-state index contributed by atoms with van der Waals surface area (Å²) in [5.74, 6) is -0.0398. The molecule has 6 nitrogen and oxygen atoms in total. The zero-order valence-electron chi connectivity index (χ0n) is 16.4. The van der Waals surface area contributed by atoms with Crippen LogP contribution in [0.2, 0.25) is 0 Å². The molecule has 0 aromatic heterocycles. The quantitative estimate of drug-likeness (QED) is 0.774. The molecule has 0 saturated carbocycles. The predicted octanol–water partition coefficient (Wildman–Crippen LogP) is 3.44. The second-order valence-electron chi connectivity index (χ2n) is 6.77. The number of aryl methyl sites for hydroxylation is 1. The molecule has 0 saturated heterocycles. The van der Waals surface area contributed by atoms with Crippen LogP contribution in [0.3, 0.4) is 0 Å². The number of esters is 1. The van der Waals surface area contributed by atoms with Gasteiger partial charge >= 0.3 is 5.97 Å². The Bertz CT molecular complexity index is 864. The molecule has 2 aromatic carbocycles. The molecular weight excluding hydrogens is 358 g/mol. The molecule has 0 radical (unpaired) electrons. The molecule has 1 N–H and O–H groups in total. The van der Waals surface area contributed by atoms with Crippen LogP contribution < -0.4 is 14.8 Å². The van der Waals surface area contributed by atoms with E-state index in [1.807, 2.05) is 18.2 Å². The smallest absolute Gasteiger partial charge is 0.342 e. The van der Waals surface area contributed by atoms with Gasteiger partial charge in [0.25, 0.3) is 5.91 Å². The summed E-state index contributed by atoms with van der Waals surface area (Å²) in [6, 6.07) is 12.9. The Balaban J connectivity index is 1.66. The SMILES string of the molecule is COc1ccc(C(=O)O[C@@H](C)C(=O)N[C@H]2CCCc3ccccc32)c(OC)c1. The van der Waals surface area contributed by atoms with Crippen molar-refractivity contribution in [2.45, 2.75) is 38.3 Å². The van der Waals surface area contributed by atoms with Crippen molar-refractivity contribution >= 4 is 11.9 Å². The van der Waals surface area contributed by atoms with Gasteiger partial charge < -0.3 is 19.5 Å². The van der Waals surface area contributed by atoms with E-state index in [-0.39, 0.29) is 17.5 Å². The Labute approximate surface area is 164 Å². The lowest BCUT2D eigenvalue weighted by molar-refractivity contribution is -0.130. The van der Waals surface area contributed by atoms with Crippen LogP contribution in [0.15, 0.2) is 42.5 Å². The van der Waals surface area contributed by atoms with Gasteiger partial charge in [-0.25, -0.2) is 4.79 Å². The Morgan fingerprint density at radius 2 is 1.89 bits per heavy atom. The van der Waals surface area contributed by atoms with E-state index in [0.29, 0.717) is 11.5 Å². The Hall–Kier alpha value is -3.02. The highest BCUT2D eigenvalue weighted by molar-refractivity contribution is 5.95. The van der Waals surface area contributed by atoms with Crippen molar-refractivity contribution in [3.63, 3.8) is 0 Å². The van der Waals surface area contributed by atoms with E-state index >= 15 is 0 Å². The van der Waals surface area contributed by atoms with Crippen molar-refractivity contribution in [3.05, 3.63) is 59.2 Å². The normalized spacial score (nSPS) is 16.5. The molecule has 0 aliphatic heterocycles. The van der Waals surface area contributed by atoms with Crippen LogP contribution in [0.5, 0.6) is 11.5 Å². The summed E-state index contributed by atoms with van der Waals surface area (Å²) in [5, 5.41) is 3.01. The average Bonchev–Trinajstić information content (AvgIpc) is 2.73. The zero-order chi connectivity index (χ0) is 20.1. The summed E-state index contributed by atoms with van der Waals surface area (Å²) in [5.41, 5.74) is 2.63. The number of amides is 1. The van der Waals surface area contributed by atoms with Crippen LogP contribution >= 0.6 is 0 Å². The number of fused-ring (bicyclic) bond motifs is 1. The molecule has 0 fully saturated rings. The van der Waals surface area contributed by atoms with Crippen molar-refractivity contribution in [2.75, 3.05) is 14.2 Å². The van der Waals surface area contributed by atoms with Crippen molar-refractivity contribution in [3.8, 4) is 11.5 Å². The minimum atomic E-state index is -0.923. The third-order valence-electron chi connectivity index (χ3n) is 4.97. The standard InChI is InChI=1S/C22H25NO5/c1-14(28-22(25)18-12-11-16(26-2)13-20(18)27-3)21(24)23-19-10-6-8-15-7-4-5-9-17(15)19/h4-5,7,9,11-14,19H,6,8,10H2,1-3H3,(H,23,24)/t14-,19-/m0/s1.